The first-order valence-corrected chi connectivity index (χ1v) is 7.76. The van der Waals surface area contributed by atoms with Gasteiger partial charge in [0.15, 0.2) is 17.3 Å². The Morgan fingerprint density at radius 3 is 2.64 bits per heavy atom. The van der Waals surface area contributed by atoms with Crippen LogP contribution in [0.1, 0.15) is 28.9 Å². The Morgan fingerprint density at radius 2 is 1.96 bits per heavy atom. The zero-order chi connectivity index (χ0) is 18.1. The average Bonchev–Trinajstić information content (AvgIpc) is 2.64. The normalized spacial score (nSPS) is 10.6. The SMILES string of the molecule is COc1cnc(/C=C/C(=O)c2ccccc2)cc1OCCCC(=O)O. The van der Waals surface area contributed by atoms with Gasteiger partial charge in [0.25, 0.3) is 0 Å². The predicted molar refractivity (Wildman–Crippen MR) is 93.0 cm³/mol. The number of aliphatic carboxylic acids is 1. The molecule has 0 unspecified atom stereocenters. The highest BCUT2D eigenvalue weighted by Crippen LogP contribution is 2.27. The van der Waals surface area contributed by atoms with Crippen LogP contribution in [0.15, 0.2) is 48.7 Å². The molecule has 1 heterocycles. The van der Waals surface area contributed by atoms with Crippen molar-refractivity contribution < 1.29 is 24.2 Å². The second-order valence-electron chi connectivity index (χ2n) is 5.17. The number of hydrogen-bond acceptors (Lipinski definition) is 5. The number of ether oxygens (including phenoxy) is 2. The number of methoxy groups -OCH3 is 1. The number of aromatic nitrogens is 1. The molecule has 0 aliphatic rings. The van der Waals surface area contributed by atoms with Crippen LogP contribution in [0.25, 0.3) is 6.08 Å². The number of carbonyl (C=O) groups is 2. The zero-order valence-corrected chi connectivity index (χ0v) is 13.8. The molecule has 6 nitrogen and oxygen atoms in total. The van der Waals surface area contributed by atoms with Crippen LogP contribution in [0.3, 0.4) is 0 Å². The van der Waals surface area contributed by atoms with Crippen LogP contribution in [-0.4, -0.2) is 35.6 Å². The number of rotatable bonds is 9. The van der Waals surface area contributed by atoms with Crippen LogP contribution in [0.5, 0.6) is 11.5 Å². The van der Waals surface area contributed by atoms with Crippen molar-refractivity contribution in [1.82, 2.24) is 4.98 Å². The second-order valence-corrected chi connectivity index (χ2v) is 5.17. The Labute approximate surface area is 145 Å². The fourth-order valence-corrected chi connectivity index (χ4v) is 2.06. The third kappa shape index (κ3) is 5.76. The fourth-order valence-electron chi connectivity index (χ4n) is 2.06. The predicted octanol–water partition coefficient (Wildman–Crippen LogP) is 3.23. The Kier molecular flexibility index (Phi) is 6.71. The number of carbonyl (C=O) groups excluding carboxylic acids is 1. The minimum atomic E-state index is -0.867. The molecule has 0 saturated carbocycles. The van der Waals surface area contributed by atoms with Crippen molar-refractivity contribution in [3.05, 3.63) is 59.9 Å². The first-order valence-electron chi connectivity index (χ1n) is 7.76. The van der Waals surface area contributed by atoms with Crippen LogP contribution in [0.2, 0.25) is 0 Å². The summed E-state index contributed by atoms with van der Waals surface area (Å²) in [4.78, 5) is 26.8. The Morgan fingerprint density at radius 1 is 1.20 bits per heavy atom. The number of pyridine rings is 1. The van der Waals surface area contributed by atoms with E-state index in [2.05, 4.69) is 4.98 Å². The Hall–Kier alpha value is -3.15. The first-order chi connectivity index (χ1) is 12.1. The average molecular weight is 341 g/mol. The summed E-state index contributed by atoms with van der Waals surface area (Å²) >= 11 is 0. The van der Waals surface area contributed by atoms with E-state index < -0.39 is 5.97 Å². The molecule has 25 heavy (non-hydrogen) atoms. The standard InChI is InChI=1S/C19H19NO5/c1-24-18-13-20-15(12-17(18)25-11-5-8-19(22)23)9-10-16(21)14-6-3-2-4-7-14/h2-4,6-7,9-10,12-13H,5,8,11H2,1H3,(H,22,23)/b10-9+. The van der Waals surface area contributed by atoms with Gasteiger partial charge in [0, 0.05) is 18.1 Å². The lowest BCUT2D eigenvalue weighted by Gasteiger charge is -2.10. The fraction of sp³-hybridized carbons (Fsp3) is 0.211. The van der Waals surface area contributed by atoms with Crippen LogP contribution in [0, 0.1) is 0 Å². The minimum absolute atomic E-state index is 0.0335. The van der Waals surface area contributed by atoms with Crippen molar-refractivity contribution >= 4 is 17.8 Å². The molecule has 0 spiro atoms. The van der Waals surface area contributed by atoms with Gasteiger partial charge in [-0.05, 0) is 18.6 Å². The van der Waals surface area contributed by atoms with Crippen molar-refractivity contribution in [3.8, 4) is 11.5 Å². The third-order valence-corrected chi connectivity index (χ3v) is 3.33. The van der Waals surface area contributed by atoms with Gasteiger partial charge in [-0.3, -0.25) is 14.6 Å². The van der Waals surface area contributed by atoms with E-state index in [0.29, 0.717) is 29.2 Å². The molecular formula is C19H19NO5. The van der Waals surface area contributed by atoms with Crippen LogP contribution < -0.4 is 9.47 Å². The largest absolute Gasteiger partial charge is 0.491 e. The highest BCUT2D eigenvalue weighted by molar-refractivity contribution is 6.06. The highest BCUT2D eigenvalue weighted by atomic mass is 16.5. The van der Waals surface area contributed by atoms with Gasteiger partial charge in [-0.15, -0.1) is 0 Å². The van der Waals surface area contributed by atoms with E-state index in [1.54, 1.807) is 36.4 Å². The molecule has 1 aromatic heterocycles. The van der Waals surface area contributed by atoms with Gasteiger partial charge in [0.1, 0.15) is 0 Å². The van der Waals surface area contributed by atoms with Gasteiger partial charge in [0.2, 0.25) is 0 Å². The molecule has 0 atom stereocenters. The molecule has 0 aliphatic carbocycles. The maximum Gasteiger partial charge on any atom is 0.303 e. The molecule has 130 valence electrons. The maximum atomic E-state index is 12.1. The zero-order valence-electron chi connectivity index (χ0n) is 13.8. The number of hydrogen-bond donors (Lipinski definition) is 1. The van der Waals surface area contributed by atoms with E-state index in [4.69, 9.17) is 14.6 Å². The summed E-state index contributed by atoms with van der Waals surface area (Å²) in [6, 6.07) is 10.6. The number of carboxylic acid groups (broad SMARTS) is 1. The molecular weight excluding hydrogens is 322 g/mol. The molecule has 0 amide bonds. The molecule has 2 rings (SSSR count). The smallest absolute Gasteiger partial charge is 0.303 e. The van der Waals surface area contributed by atoms with Crippen LogP contribution in [0.4, 0.5) is 0 Å². The maximum absolute atomic E-state index is 12.1. The summed E-state index contributed by atoms with van der Waals surface area (Å²) in [6.45, 7) is 0.249. The van der Waals surface area contributed by atoms with Gasteiger partial charge in [-0.25, -0.2) is 0 Å². The van der Waals surface area contributed by atoms with E-state index in [1.807, 2.05) is 6.07 Å². The van der Waals surface area contributed by atoms with Crippen LogP contribution >= 0.6 is 0 Å². The summed E-state index contributed by atoms with van der Waals surface area (Å²) in [5, 5.41) is 8.64. The Bertz CT molecular complexity index is 756. The third-order valence-electron chi connectivity index (χ3n) is 3.33. The van der Waals surface area contributed by atoms with Crippen molar-refractivity contribution in [2.24, 2.45) is 0 Å². The molecule has 1 aromatic carbocycles. The van der Waals surface area contributed by atoms with Crippen LogP contribution in [-0.2, 0) is 4.79 Å². The van der Waals surface area contributed by atoms with Gasteiger partial charge < -0.3 is 14.6 Å². The summed E-state index contributed by atoms with van der Waals surface area (Å²) in [6.07, 6.45) is 4.96. The number of allylic oxidation sites excluding steroid dienone is 1. The number of ketones is 1. The van der Waals surface area contributed by atoms with E-state index >= 15 is 0 Å². The number of carboxylic acids is 1. The molecule has 1 N–H and O–H groups in total. The highest BCUT2D eigenvalue weighted by Gasteiger charge is 2.07. The molecule has 0 bridgehead atoms. The molecule has 2 aromatic rings. The lowest BCUT2D eigenvalue weighted by molar-refractivity contribution is -0.137. The van der Waals surface area contributed by atoms with Gasteiger partial charge in [-0.2, -0.15) is 0 Å². The Balaban J connectivity index is 2.05. The molecule has 0 saturated heterocycles. The van der Waals surface area contributed by atoms with Gasteiger partial charge in [-0.1, -0.05) is 30.3 Å². The van der Waals surface area contributed by atoms with E-state index in [-0.39, 0.29) is 18.8 Å². The first kappa shape index (κ1) is 18.2. The van der Waals surface area contributed by atoms with Gasteiger partial charge >= 0.3 is 5.97 Å². The molecule has 0 aliphatic heterocycles. The summed E-state index contributed by atoms with van der Waals surface area (Å²) in [5.41, 5.74) is 1.13. The number of nitrogens with zero attached hydrogens (tertiary/aromatic N) is 1. The summed E-state index contributed by atoms with van der Waals surface area (Å²) in [5.74, 6) is -0.0907. The van der Waals surface area contributed by atoms with Crippen molar-refractivity contribution in [3.63, 3.8) is 0 Å². The van der Waals surface area contributed by atoms with E-state index in [9.17, 15) is 9.59 Å². The van der Waals surface area contributed by atoms with E-state index in [1.165, 1.54) is 19.4 Å². The summed E-state index contributed by atoms with van der Waals surface area (Å²) < 4.78 is 10.7. The minimum Gasteiger partial charge on any atom is -0.491 e. The lowest BCUT2D eigenvalue weighted by atomic mass is 10.1. The van der Waals surface area contributed by atoms with Crippen molar-refractivity contribution in [2.75, 3.05) is 13.7 Å². The van der Waals surface area contributed by atoms with Crippen molar-refractivity contribution in [2.45, 2.75) is 12.8 Å². The van der Waals surface area contributed by atoms with Crippen molar-refractivity contribution in [1.29, 1.82) is 0 Å². The van der Waals surface area contributed by atoms with E-state index in [0.717, 1.165) is 0 Å². The summed E-state index contributed by atoms with van der Waals surface area (Å²) in [7, 11) is 1.50. The topological polar surface area (TPSA) is 85.7 Å². The molecule has 0 radical (unpaired) electrons. The number of benzene rings is 1. The molecule has 6 heteroatoms. The quantitative estimate of drug-likeness (QED) is 0.428. The molecule has 0 fully saturated rings. The van der Waals surface area contributed by atoms with Gasteiger partial charge in [0.05, 0.1) is 25.6 Å². The lowest BCUT2D eigenvalue weighted by Crippen LogP contribution is -2.03. The second kappa shape index (κ2) is 9.22. The monoisotopic (exact) mass is 341 g/mol.